The molecule has 0 aromatic heterocycles. The van der Waals surface area contributed by atoms with Crippen LogP contribution in [0, 0.1) is 6.92 Å². The Morgan fingerprint density at radius 3 is 1.11 bits per heavy atom. The van der Waals surface area contributed by atoms with E-state index in [1.807, 2.05) is 0 Å². The Hall–Kier alpha value is 1.92. The monoisotopic (exact) mass is 418 g/mol. The molecule has 0 aliphatic heterocycles. The van der Waals surface area contributed by atoms with E-state index in [-0.39, 0.29) is 35.9 Å². The van der Waals surface area contributed by atoms with Gasteiger partial charge in [-0.2, -0.15) is 6.42 Å². The average molecular weight is 418 g/mol. The SMILES string of the molecule is CCC[CH2][Sn]([CH2]CCC)[CH2]CCC.[CH2-]CCC.[Cu].[Li+]. The summed E-state index contributed by atoms with van der Waals surface area (Å²) in [6.45, 7) is 12.7. The van der Waals surface area contributed by atoms with Gasteiger partial charge in [0.15, 0.2) is 0 Å². The van der Waals surface area contributed by atoms with Gasteiger partial charge in [-0.1, -0.05) is 13.3 Å². The molecular weight excluding hydrogens is 381 g/mol. The molecule has 116 valence electrons. The molecule has 0 heterocycles. The third-order valence-electron chi connectivity index (χ3n) is 3.01. The van der Waals surface area contributed by atoms with Gasteiger partial charge in [0.1, 0.15) is 0 Å². The fraction of sp³-hybridized carbons (Fsp3) is 0.938. The molecule has 0 aromatic carbocycles. The van der Waals surface area contributed by atoms with Gasteiger partial charge in [-0.25, -0.2) is 0 Å². The smallest absolute Gasteiger partial charge is 0.343 e. The van der Waals surface area contributed by atoms with Crippen molar-refractivity contribution in [3.63, 3.8) is 0 Å². The van der Waals surface area contributed by atoms with Crippen molar-refractivity contribution in [2.75, 3.05) is 0 Å². The van der Waals surface area contributed by atoms with Crippen molar-refractivity contribution >= 4 is 19.8 Å². The number of rotatable bonds is 10. The number of unbranched alkanes of at least 4 members (excludes halogenated alkanes) is 4. The molecular formula is C16H36CuLiSn. The first-order valence-corrected chi connectivity index (χ1v) is 13.9. The van der Waals surface area contributed by atoms with Crippen molar-refractivity contribution in [1.29, 1.82) is 0 Å². The molecule has 0 spiro atoms. The van der Waals surface area contributed by atoms with Crippen LogP contribution in [0.25, 0.3) is 0 Å². The molecule has 0 unspecified atom stereocenters. The van der Waals surface area contributed by atoms with Crippen LogP contribution in [-0.2, 0) is 17.1 Å². The van der Waals surface area contributed by atoms with Crippen LogP contribution < -0.4 is 18.9 Å². The van der Waals surface area contributed by atoms with Crippen LogP contribution in [0.1, 0.15) is 79.1 Å². The summed E-state index contributed by atoms with van der Waals surface area (Å²) in [6.07, 6.45) is 11.1. The predicted molar refractivity (Wildman–Crippen MR) is 85.2 cm³/mol. The fourth-order valence-corrected chi connectivity index (χ4v) is 11.1. The van der Waals surface area contributed by atoms with E-state index in [4.69, 9.17) is 0 Å². The van der Waals surface area contributed by atoms with Gasteiger partial charge in [0.25, 0.3) is 0 Å². The summed E-state index contributed by atoms with van der Waals surface area (Å²) in [5.41, 5.74) is 0. The Morgan fingerprint density at radius 2 is 0.947 bits per heavy atom. The zero-order chi connectivity index (χ0) is 13.4. The zero-order valence-electron chi connectivity index (χ0n) is 14.3. The van der Waals surface area contributed by atoms with E-state index >= 15 is 0 Å². The summed E-state index contributed by atoms with van der Waals surface area (Å²) in [5, 5.41) is 0. The van der Waals surface area contributed by atoms with Crippen molar-refractivity contribution in [2.45, 2.75) is 92.4 Å². The second-order valence-corrected chi connectivity index (χ2v) is 13.5. The quantitative estimate of drug-likeness (QED) is 0.377. The van der Waals surface area contributed by atoms with Gasteiger partial charge < -0.3 is 6.92 Å². The molecule has 0 aliphatic carbocycles. The molecule has 0 aromatic rings. The summed E-state index contributed by atoms with van der Waals surface area (Å²) < 4.78 is 5.04. The zero-order valence-corrected chi connectivity index (χ0v) is 18.1. The third-order valence-corrected chi connectivity index (χ3v) is 12.1. The summed E-state index contributed by atoms with van der Waals surface area (Å²) in [6, 6.07) is 0. The summed E-state index contributed by atoms with van der Waals surface area (Å²) in [5.74, 6) is 0. The van der Waals surface area contributed by atoms with Gasteiger partial charge in [0, 0.05) is 17.1 Å². The van der Waals surface area contributed by atoms with Gasteiger partial charge in [0.2, 0.25) is 0 Å². The van der Waals surface area contributed by atoms with E-state index in [0.29, 0.717) is 0 Å². The van der Waals surface area contributed by atoms with Crippen LogP contribution in [0.15, 0.2) is 0 Å². The maximum Gasteiger partial charge on any atom is 1.00 e. The number of hydrogen-bond donors (Lipinski definition) is 0. The third kappa shape index (κ3) is 28.7. The molecule has 0 rings (SSSR count). The largest absolute Gasteiger partial charge is 1.00 e. The van der Waals surface area contributed by atoms with Gasteiger partial charge >= 0.3 is 111 Å². The van der Waals surface area contributed by atoms with E-state index in [9.17, 15) is 0 Å². The molecule has 0 aliphatic rings. The normalized spacial score (nSPS) is 9.16. The standard InChI is InChI=1S/4C4H9.Cu.Li.Sn/c4*1-3-4-2;;;/h4*1,3-4H2,2H3;;;/q;;;-1;;+1;. The van der Waals surface area contributed by atoms with Crippen molar-refractivity contribution in [3.05, 3.63) is 6.92 Å². The molecule has 0 saturated heterocycles. The van der Waals surface area contributed by atoms with Crippen LogP contribution in [-0.4, -0.2) is 19.8 Å². The van der Waals surface area contributed by atoms with E-state index < -0.39 is 19.8 Å². The van der Waals surface area contributed by atoms with Crippen molar-refractivity contribution < 1.29 is 35.9 Å². The molecule has 0 saturated carbocycles. The minimum atomic E-state index is -0.839. The first-order valence-electron chi connectivity index (χ1n) is 7.89. The topological polar surface area (TPSA) is 0 Å². The molecule has 2 radical (unpaired) electrons. The van der Waals surface area contributed by atoms with Gasteiger partial charge in [-0.05, 0) is 0 Å². The summed E-state index contributed by atoms with van der Waals surface area (Å²) >= 11 is -0.839. The maximum atomic E-state index is 3.60. The van der Waals surface area contributed by atoms with Crippen molar-refractivity contribution in [1.82, 2.24) is 0 Å². The van der Waals surface area contributed by atoms with E-state index in [0.717, 1.165) is 6.42 Å². The van der Waals surface area contributed by atoms with Crippen LogP contribution >= 0.6 is 0 Å². The van der Waals surface area contributed by atoms with Gasteiger partial charge in [0.05, 0.1) is 0 Å². The Labute approximate surface area is 154 Å². The molecule has 0 nitrogen and oxygen atoms in total. The van der Waals surface area contributed by atoms with Gasteiger partial charge in [-0.3, -0.25) is 0 Å². The molecule has 0 atom stereocenters. The first-order chi connectivity index (χ1) is 8.26. The predicted octanol–water partition coefficient (Wildman–Crippen LogP) is 3.50. The van der Waals surface area contributed by atoms with E-state index in [2.05, 4.69) is 34.6 Å². The molecule has 0 bridgehead atoms. The summed E-state index contributed by atoms with van der Waals surface area (Å²) in [4.78, 5) is 0. The first kappa shape index (κ1) is 29.0. The minimum absolute atomic E-state index is 0. The van der Waals surface area contributed by atoms with E-state index in [1.165, 1.54) is 44.9 Å². The Morgan fingerprint density at radius 1 is 0.684 bits per heavy atom. The second kappa shape index (κ2) is 28.1. The molecule has 0 N–H and O–H groups in total. The Kier molecular flexibility index (Phi) is 42.9. The van der Waals surface area contributed by atoms with Crippen LogP contribution in [0.3, 0.4) is 0 Å². The fourth-order valence-electron chi connectivity index (χ4n) is 1.66. The Balaban J connectivity index is -0.000000165. The Bertz CT molecular complexity index is 102. The van der Waals surface area contributed by atoms with Crippen LogP contribution in [0.2, 0.25) is 13.3 Å². The van der Waals surface area contributed by atoms with E-state index in [1.54, 1.807) is 13.3 Å². The second-order valence-electron chi connectivity index (χ2n) is 4.91. The van der Waals surface area contributed by atoms with Crippen LogP contribution in [0.4, 0.5) is 0 Å². The molecule has 19 heavy (non-hydrogen) atoms. The molecule has 3 heteroatoms. The molecule has 0 fully saturated rings. The molecule has 0 amide bonds. The van der Waals surface area contributed by atoms with Gasteiger partial charge in [-0.15, -0.1) is 0 Å². The maximum absolute atomic E-state index is 3.60. The number of hydrogen-bond acceptors (Lipinski definition) is 0. The minimum Gasteiger partial charge on any atom is -0.343 e. The average Bonchev–Trinajstić information content (AvgIpc) is 2.38. The van der Waals surface area contributed by atoms with Crippen molar-refractivity contribution in [3.8, 4) is 0 Å². The van der Waals surface area contributed by atoms with Crippen LogP contribution in [0.5, 0.6) is 0 Å². The van der Waals surface area contributed by atoms with Crippen molar-refractivity contribution in [2.24, 2.45) is 0 Å². The summed E-state index contributed by atoms with van der Waals surface area (Å²) in [7, 11) is 0.